The summed E-state index contributed by atoms with van der Waals surface area (Å²) in [5.74, 6) is -0.776. The van der Waals surface area contributed by atoms with Crippen molar-refractivity contribution in [3.05, 3.63) is 0 Å². The Hall–Kier alpha value is -0.660. The van der Waals surface area contributed by atoms with Crippen LogP contribution in [0.5, 0.6) is 0 Å². The first-order chi connectivity index (χ1) is 8.19. The van der Waals surface area contributed by atoms with Gasteiger partial charge in [0.1, 0.15) is 0 Å². The first-order valence-corrected chi connectivity index (χ1v) is 7.65. The molecule has 0 aliphatic heterocycles. The molecule has 0 aliphatic rings. The van der Waals surface area contributed by atoms with Gasteiger partial charge in [0, 0.05) is 13.1 Å². The van der Waals surface area contributed by atoms with Crippen molar-refractivity contribution in [2.45, 2.75) is 40.5 Å². The van der Waals surface area contributed by atoms with Crippen LogP contribution in [0.1, 0.15) is 40.5 Å². The predicted molar refractivity (Wildman–Crippen MR) is 70.4 cm³/mol. The highest BCUT2D eigenvalue weighted by atomic mass is 32.2. The highest BCUT2D eigenvalue weighted by molar-refractivity contribution is 7.87. The Balaban J connectivity index is 4.57. The van der Waals surface area contributed by atoms with E-state index in [2.05, 4.69) is 9.44 Å². The van der Waals surface area contributed by atoms with Crippen molar-refractivity contribution in [3.8, 4) is 0 Å². The van der Waals surface area contributed by atoms with Crippen LogP contribution in [0.3, 0.4) is 0 Å². The second kappa shape index (κ2) is 7.06. The molecule has 7 heteroatoms. The van der Waals surface area contributed by atoms with E-state index in [1.54, 1.807) is 13.8 Å². The molecule has 0 aromatic rings. The molecule has 0 aliphatic carbocycles. The minimum atomic E-state index is -3.63. The zero-order chi connectivity index (χ0) is 14.4. The van der Waals surface area contributed by atoms with Gasteiger partial charge in [-0.2, -0.15) is 8.42 Å². The molecule has 0 atom stereocenters. The van der Waals surface area contributed by atoms with Crippen molar-refractivity contribution in [2.75, 3.05) is 13.1 Å². The van der Waals surface area contributed by atoms with Gasteiger partial charge >= 0.3 is 5.97 Å². The third-order valence-corrected chi connectivity index (χ3v) is 4.16. The summed E-state index contributed by atoms with van der Waals surface area (Å²) in [4.78, 5) is 11.2. The molecule has 0 fully saturated rings. The Morgan fingerprint density at radius 3 is 2.06 bits per heavy atom. The van der Waals surface area contributed by atoms with E-state index in [0.717, 1.165) is 0 Å². The summed E-state index contributed by atoms with van der Waals surface area (Å²) in [5, 5.41) is 9.18. The van der Waals surface area contributed by atoms with Crippen molar-refractivity contribution in [1.29, 1.82) is 0 Å². The van der Waals surface area contributed by atoms with Crippen LogP contribution < -0.4 is 9.44 Å². The van der Waals surface area contributed by atoms with Crippen molar-refractivity contribution in [1.82, 2.24) is 9.44 Å². The van der Waals surface area contributed by atoms with Gasteiger partial charge in [-0.05, 0) is 18.8 Å². The maximum absolute atomic E-state index is 11.6. The lowest BCUT2D eigenvalue weighted by molar-refractivity contribution is -0.149. The number of carboxylic acid groups (broad SMARTS) is 1. The van der Waals surface area contributed by atoms with E-state index >= 15 is 0 Å². The molecule has 0 bridgehead atoms. The molecule has 3 N–H and O–H groups in total. The SMILES string of the molecule is CCC(CC)(CNS(=O)(=O)NCC(C)C)C(=O)O. The van der Waals surface area contributed by atoms with E-state index in [1.807, 2.05) is 13.8 Å². The maximum Gasteiger partial charge on any atom is 0.310 e. The second-order valence-electron chi connectivity index (χ2n) is 4.86. The molecule has 0 unspecified atom stereocenters. The number of hydrogen-bond donors (Lipinski definition) is 3. The number of rotatable bonds is 9. The highest BCUT2D eigenvalue weighted by Gasteiger charge is 2.35. The fraction of sp³-hybridized carbons (Fsp3) is 0.909. The standard InChI is InChI=1S/C11H24N2O4S/c1-5-11(6-2,10(14)15)8-13-18(16,17)12-7-9(3)4/h9,12-13H,5-8H2,1-4H3,(H,14,15). The fourth-order valence-electron chi connectivity index (χ4n) is 1.44. The van der Waals surface area contributed by atoms with Crippen molar-refractivity contribution in [3.63, 3.8) is 0 Å². The van der Waals surface area contributed by atoms with Crippen LogP contribution in [-0.4, -0.2) is 32.6 Å². The molecule has 0 spiro atoms. The summed E-state index contributed by atoms with van der Waals surface area (Å²) in [7, 11) is -3.63. The van der Waals surface area contributed by atoms with Gasteiger partial charge in [-0.1, -0.05) is 27.7 Å². The summed E-state index contributed by atoms with van der Waals surface area (Å²) in [6, 6.07) is 0. The Labute approximate surface area is 109 Å². The third-order valence-electron chi connectivity index (χ3n) is 3.09. The summed E-state index contributed by atoms with van der Waals surface area (Å²) < 4.78 is 27.9. The Kier molecular flexibility index (Phi) is 6.80. The van der Waals surface area contributed by atoms with Crippen molar-refractivity contribution < 1.29 is 18.3 Å². The van der Waals surface area contributed by atoms with Gasteiger partial charge in [0.15, 0.2) is 0 Å². The first kappa shape index (κ1) is 17.3. The van der Waals surface area contributed by atoms with E-state index in [9.17, 15) is 18.3 Å². The van der Waals surface area contributed by atoms with Crippen LogP contribution in [0.4, 0.5) is 0 Å². The van der Waals surface area contributed by atoms with E-state index in [-0.39, 0.29) is 12.5 Å². The molecule has 0 aromatic carbocycles. The fourth-order valence-corrected chi connectivity index (χ4v) is 2.56. The van der Waals surface area contributed by atoms with Crippen LogP contribution in [0.15, 0.2) is 0 Å². The van der Waals surface area contributed by atoms with Crippen LogP contribution >= 0.6 is 0 Å². The average molecular weight is 280 g/mol. The largest absolute Gasteiger partial charge is 0.481 e. The number of hydrogen-bond acceptors (Lipinski definition) is 3. The Morgan fingerprint density at radius 2 is 1.72 bits per heavy atom. The molecule has 108 valence electrons. The van der Waals surface area contributed by atoms with Crippen molar-refractivity contribution >= 4 is 16.2 Å². The van der Waals surface area contributed by atoms with E-state index in [0.29, 0.717) is 19.4 Å². The van der Waals surface area contributed by atoms with Crippen molar-refractivity contribution in [2.24, 2.45) is 11.3 Å². The monoisotopic (exact) mass is 280 g/mol. The highest BCUT2D eigenvalue weighted by Crippen LogP contribution is 2.25. The summed E-state index contributed by atoms with van der Waals surface area (Å²) in [5.41, 5.74) is -1.04. The molecule has 0 rings (SSSR count). The number of aliphatic carboxylic acids is 1. The average Bonchev–Trinajstić information content (AvgIpc) is 2.28. The molecule has 6 nitrogen and oxygen atoms in total. The molecular formula is C11H24N2O4S. The molecule has 0 saturated carbocycles. The van der Waals surface area contributed by atoms with Crippen LogP contribution in [0.2, 0.25) is 0 Å². The minimum absolute atomic E-state index is 0.0945. The predicted octanol–water partition coefficient (Wildman–Crippen LogP) is 0.957. The lowest BCUT2D eigenvalue weighted by Gasteiger charge is -2.26. The normalized spacial score (nSPS) is 12.9. The lowest BCUT2D eigenvalue weighted by atomic mass is 9.83. The summed E-state index contributed by atoms with van der Waals surface area (Å²) in [6.07, 6.45) is 0.761. The Bertz CT molecular complexity index is 361. The molecular weight excluding hydrogens is 256 g/mol. The van der Waals surface area contributed by atoms with Gasteiger partial charge < -0.3 is 5.11 Å². The molecule has 0 heterocycles. The molecule has 0 aromatic heterocycles. The van der Waals surface area contributed by atoms with Crippen LogP contribution in [-0.2, 0) is 15.0 Å². The topological polar surface area (TPSA) is 95.5 Å². The van der Waals surface area contributed by atoms with Gasteiger partial charge in [0.25, 0.3) is 10.2 Å². The zero-order valence-electron chi connectivity index (χ0n) is 11.5. The van der Waals surface area contributed by atoms with Gasteiger partial charge in [-0.15, -0.1) is 0 Å². The second-order valence-corrected chi connectivity index (χ2v) is 6.44. The number of carboxylic acids is 1. The van der Waals surface area contributed by atoms with Gasteiger partial charge in [0.05, 0.1) is 5.41 Å². The maximum atomic E-state index is 11.6. The summed E-state index contributed by atoms with van der Waals surface area (Å²) in [6.45, 7) is 7.50. The quantitative estimate of drug-likeness (QED) is 0.586. The van der Waals surface area contributed by atoms with E-state index in [4.69, 9.17) is 0 Å². The van der Waals surface area contributed by atoms with Gasteiger partial charge in [0.2, 0.25) is 0 Å². The minimum Gasteiger partial charge on any atom is -0.481 e. The molecule has 0 amide bonds. The smallest absolute Gasteiger partial charge is 0.310 e. The Morgan fingerprint density at radius 1 is 1.22 bits per heavy atom. The first-order valence-electron chi connectivity index (χ1n) is 6.16. The zero-order valence-corrected chi connectivity index (χ0v) is 12.3. The van der Waals surface area contributed by atoms with E-state index < -0.39 is 21.6 Å². The number of nitrogens with one attached hydrogen (secondary N) is 2. The summed E-state index contributed by atoms with van der Waals surface area (Å²) >= 11 is 0. The molecule has 18 heavy (non-hydrogen) atoms. The number of carbonyl (C=O) groups is 1. The van der Waals surface area contributed by atoms with Crippen LogP contribution in [0.25, 0.3) is 0 Å². The van der Waals surface area contributed by atoms with Gasteiger partial charge in [-0.3, -0.25) is 4.79 Å². The van der Waals surface area contributed by atoms with Gasteiger partial charge in [-0.25, -0.2) is 9.44 Å². The van der Waals surface area contributed by atoms with Crippen LogP contribution in [0, 0.1) is 11.3 Å². The third kappa shape index (κ3) is 5.32. The van der Waals surface area contributed by atoms with E-state index in [1.165, 1.54) is 0 Å². The molecule has 0 saturated heterocycles. The lowest BCUT2D eigenvalue weighted by Crippen LogP contribution is -2.46. The molecule has 0 radical (unpaired) electrons.